The lowest BCUT2D eigenvalue weighted by Crippen LogP contribution is -2.38. The first kappa shape index (κ1) is 19.2. The molecule has 5 nitrogen and oxygen atoms in total. The van der Waals surface area contributed by atoms with E-state index in [0.717, 1.165) is 56.2 Å². The van der Waals surface area contributed by atoms with Crippen molar-refractivity contribution in [2.45, 2.75) is 32.6 Å². The fourth-order valence-corrected chi connectivity index (χ4v) is 3.39. The molecule has 0 unspecified atom stereocenters. The number of hydrogen-bond donors (Lipinski definition) is 2. The van der Waals surface area contributed by atoms with Crippen molar-refractivity contribution in [1.82, 2.24) is 15.6 Å². The molecule has 6 heteroatoms. The highest BCUT2D eigenvalue weighted by Crippen LogP contribution is 2.17. The molecule has 0 fully saturated rings. The van der Waals surface area contributed by atoms with E-state index in [1.807, 2.05) is 25.1 Å². The number of benzene rings is 1. The van der Waals surface area contributed by atoms with Crippen LogP contribution in [0.5, 0.6) is 5.75 Å². The van der Waals surface area contributed by atoms with Gasteiger partial charge < -0.3 is 15.4 Å². The summed E-state index contributed by atoms with van der Waals surface area (Å²) in [6.45, 7) is 3.78. The second-order valence-electron chi connectivity index (χ2n) is 5.83. The lowest BCUT2D eigenvalue weighted by atomic mass is 10.1. The van der Waals surface area contributed by atoms with Gasteiger partial charge in [-0.15, -0.1) is 11.3 Å². The average Bonchev–Trinajstić information content (AvgIpc) is 3.05. The van der Waals surface area contributed by atoms with Gasteiger partial charge in [-0.1, -0.05) is 18.2 Å². The minimum Gasteiger partial charge on any atom is -0.496 e. The number of aliphatic imine (C=N–C) groups is 1. The van der Waals surface area contributed by atoms with Crippen LogP contribution in [0.3, 0.4) is 0 Å². The molecule has 0 saturated carbocycles. The average molecular weight is 361 g/mol. The van der Waals surface area contributed by atoms with Crippen LogP contribution in [0.1, 0.15) is 29.1 Å². The molecule has 0 amide bonds. The zero-order valence-corrected chi connectivity index (χ0v) is 16.2. The summed E-state index contributed by atoms with van der Waals surface area (Å²) in [6.07, 6.45) is 4.19. The maximum Gasteiger partial charge on any atom is 0.190 e. The van der Waals surface area contributed by atoms with E-state index in [9.17, 15) is 0 Å². The number of nitrogens with zero attached hydrogens (tertiary/aromatic N) is 2. The lowest BCUT2D eigenvalue weighted by Gasteiger charge is -2.13. The van der Waals surface area contributed by atoms with Gasteiger partial charge >= 0.3 is 0 Å². The molecule has 2 rings (SSSR count). The third-order valence-corrected chi connectivity index (χ3v) is 4.91. The Balaban J connectivity index is 1.62. The van der Waals surface area contributed by atoms with Crippen molar-refractivity contribution in [3.63, 3.8) is 0 Å². The fourth-order valence-electron chi connectivity index (χ4n) is 2.57. The summed E-state index contributed by atoms with van der Waals surface area (Å²) in [5, 5.41) is 10.1. The van der Waals surface area contributed by atoms with Crippen LogP contribution in [0.25, 0.3) is 0 Å². The normalized spacial score (nSPS) is 11.4. The quantitative estimate of drug-likeness (QED) is 0.410. The molecule has 1 aromatic heterocycles. The molecule has 0 saturated heterocycles. The first-order chi connectivity index (χ1) is 12.2. The maximum absolute atomic E-state index is 5.38. The van der Waals surface area contributed by atoms with Gasteiger partial charge in [0.2, 0.25) is 0 Å². The molecular formula is C19H28N4OS. The number of methoxy groups -OCH3 is 1. The molecule has 0 aliphatic carbocycles. The Morgan fingerprint density at radius 2 is 1.96 bits per heavy atom. The Labute approximate surface area is 154 Å². The van der Waals surface area contributed by atoms with Crippen LogP contribution < -0.4 is 15.4 Å². The van der Waals surface area contributed by atoms with Crippen molar-refractivity contribution in [3.05, 3.63) is 45.9 Å². The highest BCUT2D eigenvalue weighted by atomic mass is 32.1. The third kappa shape index (κ3) is 6.74. The summed E-state index contributed by atoms with van der Waals surface area (Å²) in [5.74, 6) is 1.78. The Morgan fingerprint density at radius 1 is 1.16 bits per heavy atom. The second kappa shape index (κ2) is 10.7. The van der Waals surface area contributed by atoms with E-state index in [1.165, 1.54) is 10.6 Å². The number of aromatic nitrogens is 1. The third-order valence-electron chi connectivity index (χ3n) is 3.88. The number of thiazole rings is 1. The molecule has 0 bridgehead atoms. The van der Waals surface area contributed by atoms with Crippen molar-refractivity contribution in [2.75, 3.05) is 27.2 Å². The zero-order valence-electron chi connectivity index (χ0n) is 15.3. The largest absolute Gasteiger partial charge is 0.496 e. The van der Waals surface area contributed by atoms with Gasteiger partial charge in [0.15, 0.2) is 5.96 Å². The van der Waals surface area contributed by atoms with E-state index >= 15 is 0 Å². The summed E-state index contributed by atoms with van der Waals surface area (Å²) in [6, 6.07) is 8.11. The standard InChI is InChI=1S/C19H28N4OS/c1-15-14-25-18(23-15)10-6-7-12-21-19(20-2)22-13-11-16-8-4-5-9-17(16)24-3/h4-5,8-9,14H,6-7,10-13H2,1-3H3,(H2,20,21,22). The van der Waals surface area contributed by atoms with Crippen molar-refractivity contribution >= 4 is 17.3 Å². The molecule has 0 spiro atoms. The maximum atomic E-state index is 5.38. The van der Waals surface area contributed by atoms with Crippen LogP contribution in [-0.2, 0) is 12.8 Å². The molecule has 0 radical (unpaired) electrons. The van der Waals surface area contributed by atoms with E-state index < -0.39 is 0 Å². The SMILES string of the molecule is CN=C(NCCCCc1nc(C)cs1)NCCc1ccccc1OC. The van der Waals surface area contributed by atoms with Crippen LogP contribution in [-0.4, -0.2) is 38.2 Å². The van der Waals surface area contributed by atoms with E-state index in [-0.39, 0.29) is 0 Å². The molecule has 2 N–H and O–H groups in total. The van der Waals surface area contributed by atoms with Crippen molar-refractivity contribution in [2.24, 2.45) is 4.99 Å². The molecule has 1 heterocycles. The van der Waals surface area contributed by atoms with E-state index in [1.54, 1.807) is 25.5 Å². The summed E-state index contributed by atoms with van der Waals surface area (Å²) in [7, 11) is 3.51. The predicted molar refractivity (Wildman–Crippen MR) is 106 cm³/mol. The van der Waals surface area contributed by atoms with Crippen molar-refractivity contribution in [3.8, 4) is 5.75 Å². The van der Waals surface area contributed by atoms with Crippen molar-refractivity contribution in [1.29, 1.82) is 0 Å². The molecule has 0 aliphatic heterocycles. The second-order valence-corrected chi connectivity index (χ2v) is 6.77. The number of nitrogens with one attached hydrogen (secondary N) is 2. The van der Waals surface area contributed by atoms with E-state index in [0.29, 0.717) is 0 Å². The van der Waals surface area contributed by atoms with Gasteiger partial charge in [0, 0.05) is 31.2 Å². The molecule has 0 atom stereocenters. The summed E-state index contributed by atoms with van der Waals surface area (Å²) in [4.78, 5) is 8.77. The number of unbranched alkanes of at least 4 members (excludes halogenated alkanes) is 1. The molecule has 2 aromatic rings. The molecule has 0 aliphatic rings. The number of para-hydroxylation sites is 1. The molecule has 25 heavy (non-hydrogen) atoms. The zero-order chi connectivity index (χ0) is 17.9. The van der Waals surface area contributed by atoms with E-state index in [4.69, 9.17) is 4.74 Å². The minimum absolute atomic E-state index is 0.818. The van der Waals surface area contributed by atoms with Gasteiger partial charge in [0.1, 0.15) is 5.75 Å². The highest BCUT2D eigenvalue weighted by molar-refractivity contribution is 7.09. The van der Waals surface area contributed by atoms with Gasteiger partial charge in [0.05, 0.1) is 12.1 Å². The highest BCUT2D eigenvalue weighted by Gasteiger charge is 2.03. The van der Waals surface area contributed by atoms with Crippen LogP contribution in [0.2, 0.25) is 0 Å². The molecule has 136 valence electrons. The fraction of sp³-hybridized carbons (Fsp3) is 0.474. The van der Waals surface area contributed by atoms with E-state index in [2.05, 4.69) is 32.1 Å². The Kier molecular flexibility index (Phi) is 8.25. The summed E-state index contributed by atoms with van der Waals surface area (Å²) >= 11 is 1.75. The minimum atomic E-state index is 0.818. The molecule has 1 aromatic carbocycles. The number of hydrogen-bond acceptors (Lipinski definition) is 4. The van der Waals surface area contributed by atoms with Gasteiger partial charge in [-0.05, 0) is 44.2 Å². The van der Waals surface area contributed by atoms with Crippen LogP contribution in [0.4, 0.5) is 0 Å². The van der Waals surface area contributed by atoms with Gasteiger partial charge in [-0.3, -0.25) is 4.99 Å². The topological polar surface area (TPSA) is 58.5 Å². The summed E-state index contributed by atoms with van der Waals surface area (Å²) in [5.41, 5.74) is 2.32. The van der Waals surface area contributed by atoms with Gasteiger partial charge in [-0.2, -0.15) is 0 Å². The Bertz CT molecular complexity index is 669. The predicted octanol–water partition coefficient (Wildman–Crippen LogP) is 3.19. The number of ether oxygens (including phenoxy) is 1. The number of guanidine groups is 1. The monoisotopic (exact) mass is 360 g/mol. The first-order valence-corrected chi connectivity index (χ1v) is 9.58. The van der Waals surface area contributed by atoms with Crippen LogP contribution in [0, 0.1) is 6.92 Å². The Hall–Kier alpha value is -2.08. The van der Waals surface area contributed by atoms with Crippen molar-refractivity contribution < 1.29 is 4.74 Å². The lowest BCUT2D eigenvalue weighted by molar-refractivity contribution is 0.409. The van der Waals surface area contributed by atoms with Gasteiger partial charge in [-0.25, -0.2) is 4.98 Å². The molecular weight excluding hydrogens is 332 g/mol. The number of rotatable bonds is 9. The van der Waals surface area contributed by atoms with Crippen LogP contribution in [0.15, 0.2) is 34.6 Å². The van der Waals surface area contributed by atoms with Gasteiger partial charge in [0.25, 0.3) is 0 Å². The smallest absolute Gasteiger partial charge is 0.190 e. The number of aryl methyl sites for hydroxylation is 2. The van der Waals surface area contributed by atoms with Crippen LogP contribution >= 0.6 is 11.3 Å². The summed E-state index contributed by atoms with van der Waals surface area (Å²) < 4.78 is 5.38. The Morgan fingerprint density at radius 3 is 2.68 bits per heavy atom. The first-order valence-electron chi connectivity index (χ1n) is 8.70.